The average Bonchev–Trinajstić information content (AvgIpc) is 3.16. The Labute approximate surface area is 159 Å². The molecule has 4 rings (SSSR count). The van der Waals surface area contributed by atoms with E-state index in [2.05, 4.69) is 41.9 Å². The van der Waals surface area contributed by atoms with Crippen LogP contribution >= 0.6 is 0 Å². The molecule has 1 aliphatic rings. The lowest BCUT2D eigenvalue weighted by molar-refractivity contribution is 0.0696. The van der Waals surface area contributed by atoms with Crippen molar-refractivity contribution in [3.05, 3.63) is 70.4 Å². The van der Waals surface area contributed by atoms with Gasteiger partial charge in [0.15, 0.2) is 0 Å². The maximum absolute atomic E-state index is 11.4. The monoisotopic (exact) mass is 362 g/mol. The van der Waals surface area contributed by atoms with Crippen LogP contribution in [-0.4, -0.2) is 27.5 Å². The number of rotatable bonds is 4. The molecule has 1 fully saturated rings. The molecule has 2 aromatic carbocycles. The Balaban J connectivity index is 1.69. The molecule has 0 bridgehead atoms. The van der Waals surface area contributed by atoms with Crippen molar-refractivity contribution in [1.82, 2.24) is 9.88 Å². The third kappa shape index (κ3) is 3.37. The zero-order valence-corrected chi connectivity index (χ0v) is 16.0. The first-order chi connectivity index (χ1) is 13.0. The van der Waals surface area contributed by atoms with Crippen molar-refractivity contribution in [2.45, 2.75) is 45.7 Å². The van der Waals surface area contributed by atoms with Gasteiger partial charge in [0.2, 0.25) is 0 Å². The summed E-state index contributed by atoms with van der Waals surface area (Å²) in [5.74, 6) is -0.859. The van der Waals surface area contributed by atoms with E-state index < -0.39 is 5.97 Å². The van der Waals surface area contributed by atoms with E-state index in [0.29, 0.717) is 5.56 Å². The summed E-state index contributed by atoms with van der Waals surface area (Å²) in [5, 5.41) is 10.7. The smallest absolute Gasteiger partial charge is 0.335 e. The molecule has 0 radical (unpaired) electrons. The summed E-state index contributed by atoms with van der Waals surface area (Å²) in [6, 6.07) is 12.2. The number of aromatic nitrogens is 1. The molecule has 0 saturated carbocycles. The molecule has 1 unspecified atom stereocenters. The molecule has 0 spiro atoms. The third-order valence-corrected chi connectivity index (χ3v) is 5.87. The van der Waals surface area contributed by atoms with Crippen LogP contribution in [0, 0.1) is 13.8 Å². The molecule has 140 valence electrons. The second-order valence-electron chi connectivity index (χ2n) is 7.67. The number of carbonyl (C=O) groups is 1. The van der Waals surface area contributed by atoms with Crippen molar-refractivity contribution in [3.8, 4) is 0 Å². The second-order valence-corrected chi connectivity index (χ2v) is 7.67. The first-order valence-corrected chi connectivity index (χ1v) is 9.68. The van der Waals surface area contributed by atoms with Gasteiger partial charge in [0, 0.05) is 29.7 Å². The Kier molecular flexibility index (Phi) is 4.75. The van der Waals surface area contributed by atoms with Gasteiger partial charge in [-0.05, 0) is 73.7 Å². The van der Waals surface area contributed by atoms with Crippen molar-refractivity contribution in [1.29, 1.82) is 0 Å². The standard InChI is InChI=1S/C23H26N2O2/c1-15-12-16(2)22-19(9-10-24-22)20(15)14-25-11-4-3-8-21(25)17-6-5-7-18(13-17)23(26)27/h5-7,9-10,12-13,21,24H,3-4,8,11,14H2,1-2H3,(H,26,27). The number of H-pyrrole nitrogens is 1. The lowest BCUT2D eigenvalue weighted by Gasteiger charge is -2.36. The van der Waals surface area contributed by atoms with E-state index in [1.165, 1.54) is 40.4 Å². The lowest BCUT2D eigenvalue weighted by Crippen LogP contribution is -2.33. The van der Waals surface area contributed by atoms with E-state index in [-0.39, 0.29) is 6.04 Å². The highest BCUT2D eigenvalue weighted by Gasteiger charge is 2.26. The minimum atomic E-state index is -0.859. The van der Waals surface area contributed by atoms with Crippen LogP contribution in [0.3, 0.4) is 0 Å². The molecular formula is C23H26N2O2. The number of benzene rings is 2. The molecule has 2 heterocycles. The molecule has 27 heavy (non-hydrogen) atoms. The highest BCUT2D eigenvalue weighted by Crippen LogP contribution is 2.35. The van der Waals surface area contributed by atoms with Crippen molar-refractivity contribution >= 4 is 16.9 Å². The Morgan fingerprint density at radius 2 is 2.04 bits per heavy atom. The maximum atomic E-state index is 11.4. The van der Waals surface area contributed by atoms with Crippen LogP contribution in [0.5, 0.6) is 0 Å². The summed E-state index contributed by atoms with van der Waals surface area (Å²) < 4.78 is 0. The Bertz CT molecular complexity index is 989. The Hall–Kier alpha value is -2.59. The quantitative estimate of drug-likeness (QED) is 0.670. The van der Waals surface area contributed by atoms with Gasteiger partial charge in [-0.3, -0.25) is 4.90 Å². The molecule has 1 aliphatic heterocycles. The van der Waals surface area contributed by atoms with E-state index in [1.54, 1.807) is 6.07 Å². The number of hydrogen-bond donors (Lipinski definition) is 2. The summed E-state index contributed by atoms with van der Waals surface area (Å²) >= 11 is 0. The van der Waals surface area contributed by atoms with Crippen LogP contribution in [-0.2, 0) is 6.54 Å². The number of aromatic amines is 1. The van der Waals surface area contributed by atoms with E-state index in [0.717, 1.165) is 25.1 Å². The molecule has 2 N–H and O–H groups in total. The molecule has 1 saturated heterocycles. The van der Waals surface area contributed by atoms with Gasteiger partial charge in [-0.2, -0.15) is 0 Å². The highest BCUT2D eigenvalue weighted by atomic mass is 16.4. The largest absolute Gasteiger partial charge is 0.478 e. The molecule has 4 heteroatoms. The van der Waals surface area contributed by atoms with Gasteiger partial charge in [-0.1, -0.05) is 24.6 Å². The molecule has 0 amide bonds. The van der Waals surface area contributed by atoms with Gasteiger partial charge < -0.3 is 10.1 Å². The van der Waals surface area contributed by atoms with Crippen LogP contribution in [0.1, 0.15) is 57.9 Å². The number of aromatic carboxylic acids is 1. The zero-order valence-electron chi connectivity index (χ0n) is 16.0. The second kappa shape index (κ2) is 7.20. The van der Waals surface area contributed by atoms with E-state index in [4.69, 9.17) is 0 Å². The Morgan fingerprint density at radius 1 is 1.19 bits per heavy atom. The van der Waals surface area contributed by atoms with Crippen molar-refractivity contribution in [3.63, 3.8) is 0 Å². The van der Waals surface area contributed by atoms with Crippen molar-refractivity contribution in [2.75, 3.05) is 6.54 Å². The molecule has 1 aromatic heterocycles. The number of carboxylic acids is 1. The summed E-state index contributed by atoms with van der Waals surface area (Å²) in [6.07, 6.45) is 5.47. The first kappa shape index (κ1) is 17.8. The zero-order chi connectivity index (χ0) is 19.0. The molecule has 1 atom stereocenters. The van der Waals surface area contributed by atoms with Gasteiger partial charge in [-0.25, -0.2) is 4.79 Å². The average molecular weight is 362 g/mol. The predicted molar refractivity (Wildman–Crippen MR) is 108 cm³/mol. The lowest BCUT2D eigenvalue weighted by atomic mass is 9.92. The minimum absolute atomic E-state index is 0.271. The van der Waals surface area contributed by atoms with Crippen LogP contribution < -0.4 is 0 Å². The number of nitrogens with one attached hydrogen (secondary N) is 1. The van der Waals surface area contributed by atoms with Gasteiger partial charge in [0.05, 0.1) is 5.56 Å². The number of carboxylic acid groups (broad SMARTS) is 1. The summed E-state index contributed by atoms with van der Waals surface area (Å²) in [7, 11) is 0. The summed E-state index contributed by atoms with van der Waals surface area (Å²) in [4.78, 5) is 17.3. The number of fused-ring (bicyclic) bond motifs is 1. The normalized spacial score (nSPS) is 18.1. The fourth-order valence-corrected chi connectivity index (χ4v) is 4.49. The molecule has 3 aromatic rings. The van der Waals surface area contributed by atoms with Crippen molar-refractivity contribution in [2.24, 2.45) is 0 Å². The third-order valence-electron chi connectivity index (χ3n) is 5.87. The number of aryl methyl sites for hydroxylation is 2. The molecule has 4 nitrogen and oxygen atoms in total. The Morgan fingerprint density at radius 3 is 2.85 bits per heavy atom. The topological polar surface area (TPSA) is 56.3 Å². The minimum Gasteiger partial charge on any atom is -0.478 e. The van der Waals surface area contributed by atoms with E-state index in [1.807, 2.05) is 18.3 Å². The maximum Gasteiger partial charge on any atom is 0.335 e. The number of nitrogens with zero attached hydrogens (tertiary/aromatic N) is 1. The summed E-state index contributed by atoms with van der Waals surface area (Å²) in [5.41, 5.74) is 6.68. The van der Waals surface area contributed by atoms with Gasteiger partial charge in [0.25, 0.3) is 0 Å². The van der Waals surface area contributed by atoms with Gasteiger partial charge >= 0.3 is 5.97 Å². The predicted octanol–water partition coefficient (Wildman–Crippen LogP) is 5.21. The van der Waals surface area contributed by atoms with Crippen LogP contribution in [0.2, 0.25) is 0 Å². The van der Waals surface area contributed by atoms with Crippen LogP contribution in [0.25, 0.3) is 10.9 Å². The van der Waals surface area contributed by atoms with E-state index >= 15 is 0 Å². The highest BCUT2D eigenvalue weighted by molar-refractivity contribution is 5.88. The SMILES string of the molecule is Cc1cc(C)c2[nH]ccc2c1CN1CCCCC1c1cccc(C(=O)O)c1. The van der Waals surface area contributed by atoms with Crippen molar-refractivity contribution < 1.29 is 9.90 Å². The van der Waals surface area contributed by atoms with E-state index in [9.17, 15) is 9.90 Å². The number of likely N-dealkylation sites (tertiary alicyclic amines) is 1. The molecule has 0 aliphatic carbocycles. The van der Waals surface area contributed by atoms with Crippen LogP contribution in [0.15, 0.2) is 42.6 Å². The van der Waals surface area contributed by atoms with Gasteiger partial charge in [0.1, 0.15) is 0 Å². The number of hydrogen-bond acceptors (Lipinski definition) is 2. The molecular weight excluding hydrogens is 336 g/mol. The van der Waals surface area contributed by atoms with Gasteiger partial charge in [-0.15, -0.1) is 0 Å². The fourth-order valence-electron chi connectivity index (χ4n) is 4.49. The number of piperidine rings is 1. The first-order valence-electron chi connectivity index (χ1n) is 9.68. The van der Waals surface area contributed by atoms with Crippen LogP contribution in [0.4, 0.5) is 0 Å². The fraction of sp³-hybridized carbons (Fsp3) is 0.348. The summed E-state index contributed by atoms with van der Waals surface area (Å²) in [6.45, 7) is 6.28.